The molecule has 0 bridgehead atoms. The van der Waals surface area contributed by atoms with Crippen LogP contribution >= 0.6 is 0 Å². The van der Waals surface area contributed by atoms with Crippen LogP contribution in [0.15, 0.2) is 23.5 Å². The number of guanidine groups is 1. The second-order valence-corrected chi connectivity index (χ2v) is 6.53. The SMILES string of the molecule is CCNC(=NCCn1cccn1)N1CC(C)(C)C1(C)C. The summed E-state index contributed by atoms with van der Waals surface area (Å²) in [7, 11) is 0. The number of rotatable bonds is 4. The second-order valence-electron chi connectivity index (χ2n) is 6.53. The van der Waals surface area contributed by atoms with E-state index in [2.05, 4.69) is 49.9 Å². The van der Waals surface area contributed by atoms with Crippen LogP contribution in [0.4, 0.5) is 0 Å². The van der Waals surface area contributed by atoms with Gasteiger partial charge < -0.3 is 10.2 Å². The summed E-state index contributed by atoms with van der Waals surface area (Å²) >= 11 is 0. The lowest BCUT2D eigenvalue weighted by atomic mass is 9.65. The van der Waals surface area contributed by atoms with Gasteiger partial charge in [0.1, 0.15) is 0 Å². The van der Waals surface area contributed by atoms with Crippen molar-refractivity contribution in [1.29, 1.82) is 0 Å². The molecule has 0 amide bonds. The summed E-state index contributed by atoms with van der Waals surface area (Å²) in [5, 5.41) is 7.61. The molecule has 1 saturated heterocycles. The molecule has 1 aliphatic heterocycles. The van der Waals surface area contributed by atoms with Gasteiger partial charge in [-0.2, -0.15) is 5.10 Å². The first kappa shape index (κ1) is 14.9. The van der Waals surface area contributed by atoms with Gasteiger partial charge in [-0.25, -0.2) is 0 Å². The standard InChI is InChI=1S/C15H27N5/c1-6-16-13(17-9-11-19-10-7-8-18-19)20-12-14(2,3)15(20,4)5/h7-8,10H,6,9,11-12H2,1-5H3,(H,16,17). The maximum absolute atomic E-state index is 4.74. The summed E-state index contributed by atoms with van der Waals surface area (Å²) in [6.07, 6.45) is 3.77. The van der Waals surface area contributed by atoms with E-state index in [-0.39, 0.29) is 5.54 Å². The highest BCUT2D eigenvalue weighted by molar-refractivity contribution is 5.82. The van der Waals surface area contributed by atoms with Gasteiger partial charge in [0.2, 0.25) is 0 Å². The summed E-state index contributed by atoms with van der Waals surface area (Å²) in [5.74, 6) is 1.02. The van der Waals surface area contributed by atoms with Crippen molar-refractivity contribution in [2.24, 2.45) is 10.4 Å². The Hall–Kier alpha value is -1.52. The van der Waals surface area contributed by atoms with Crippen LogP contribution in [0.1, 0.15) is 34.6 Å². The van der Waals surface area contributed by atoms with Gasteiger partial charge in [0.15, 0.2) is 5.96 Å². The van der Waals surface area contributed by atoms with Gasteiger partial charge in [0.05, 0.1) is 13.1 Å². The zero-order chi connectivity index (χ0) is 14.8. The van der Waals surface area contributed by atoms with Crippen molar-refractivity contribution in [2.45, 2.75) is 46.7 Å². The highest BCUT2D eigenvalue weighted by Gasteiger charge is 2.53. The molecule has 1 aromatic heterocycles. The fourth-order valence-corrected chi connectivity index (χ4v) is 2.49. The third-order valence-corrected chi connectivity index (χ3v) is 4.62. The van der Waals surface area contributed by atoms with E-state index in [1.54, 1.807) is 6.20 Å². The van der Waals surface area contributed by atoms with Gasteiger partial charge in [-0.1, -0.05) is 13.8 Å². The molecule has 0 unspecified atom stereocenters. The van der Waals surface area contributed by atoms with Crippen molar-refractivity contribution in [2.75, 3.05) is 19.6 Å². The smallest absolute Gasteiger partial charge is 0.194 e. The van der Waals surface area contributed by atoms with Crippen LogP contribution in [0, 0.1) is 5.41 Å². The first-order valence-electron chi connectivity index (χ1n) is 7.42. The van der Waals surface area contributed by atoms with E-state index in [1.807, 2.05) is 16.9 Å². The molecule has 1 fully saturated rings. The molecular formula is C15H27N5. The molecule has 1 N–H and O–H groups in total. The quantitative estimate of drug-likeness (QED) is 0.676. The zero-order valence-corrected chi connectivity index (χ0v) is 13.3. The van der Waals surface area contributed by atoms with E-state index in [1.165, 1.54) is 0 Å². The lowest BCUT2D eigenvalue weighted by Crippen LogP contribution is -2.72. The van der Waals surface area contributed by atoms with Crippen molar-refractivity contribution in [3.63, 3.8) is 0 Å². The molecule has 0 spiro atoms. The topological polar surface area (TPSA) is 45.5 Å². The van der Waals surface area contributed by atoms with Gasteiger partial charge in [0, 0.05) is 36.4 Å². The average Bonchev–Trinajstić information content (AvgIpc) is 2.88. The summed E-state index contributed by atoms with van der Waals surface area (Å²) < 4.78 is 1.91. The Morgan fingerprint density at radius 3 is 2.60 bits per heavy atom. The number of aliphatic imine (C=N–C) groups is 1. The van der Waals surface area contributed by atoms with Gasteiger partial charge in [-0.05, 0) is 26.8 Å². The van der Waals surface area contributed by atoms with Crippen molar-refractivity contribution < 1.29 is 0 Å². The number of hydrogen-bond acceptors (Lipinski definition) is 2. The molecule has 0 aromatic carbocycles. The summed E-state index contributed by atoms with van der Waals surface area (Å²) in [6, 6.07) is 1.94. The Balaban J connectivity index is 2.00. The fourth-order valence-electron chi connectivity index (χ4n) is 2.49. The normalized spacial score (nSPS) is 20.6. The van der Waals surface area contributed by atoms with E-state index in [4.69, 9.17) is 4.99 Å². The van der Waals surface area contributed by atoms with Gasteiger partial charge in [-0.3, -0.25) is 9.67 Å². The molecule has 0 radical (unpaired) electrons. The molecule has 0 saturated carbocycles. The molecule has 5 nitrogen and oxygen atoms in total. The Labute approximate surface area is 122 Å². The molecule has 2 heterocycles. The summed E-state index contributed by atoms with van der Waals surface area (Å²) in [4.78, 5) is 7.12. The fraction of sp³-hybridized carbons (Fsp3) is 0.733. The van der Waals surface area contributed by atoms with Gasteiger partial charge >= 0.3 is 0 Å². The Kier molecular flexibility index (Phi) is 4.06. The Morgan fingerprint density at radius 1 is 1.35 bits per heavy atom. The summed E-state index contributed by atoms with van der Waals surface area (Å²) in [5.41, 5.74) is 0.463. The molecule has 112 valence electrons. The van der Waals surface area contributed by atoms with Crippen LogP contribution in [0.3, 0.4) is 0 Å². The van der Waals surface area contributed by atoms with Crippen molar-refractivity contribution in [3.8, 4) is 0 Å². The number of aromatic nitrogens is 2. The van der Waals surface area contributed by atoms with E-state index >= 15 is 0 Å². The van der Waals surface area contributed by atoms with Crippen LogP contribution in [-0.2, 0) is 6.54 Å². The molecule has 2 rings (SSSR count). The minimum absolute atomic E-state index is 0.139. The van der Waals surface area contributed by atoms with E-state index in [9.17, 15) is 0 Å². The maximum Gasteiger partial charge on any atom is 0.194 e. The largest absolute Gasteiger partial charge is 0.356 e. The molecule has 20 heavy (non-hydrogen) atoms. The Morgan fingerprint density at radius 2 is 2.10 bits per heavy atom. The molecular weight excluding hydrogens is 250 g/mol. The molecule has 5 heteroatoms. The zero-order valence-electron chi connectivity index (χ0n) is 13.3. The third kappa shape index (κ3) is 2.67. The first-order chi connectivity index (χ1) is 9.38. The highest BCUT2D eigenvalue weighted by atomic mass is 15.4. The van der Waals surface area contributed by atoms with Gasteiger partial charge in [0.25, 0.3) is 0 Å². The predicted molar refractivity (Wildman–Crippen MR) is 82.8 cm³/mol. The van der Waals surface area contributed by atoms with E-state index in [0.717, 1.165) is 32.1 Å². The van der Waals surface area contributed by atoms with Crippen molar-refractivity contribution in [3.05, 3.63) is 18.5 Å². The molecule has 0 atom stereocenters. The molecule has 0 aliphatic carbocycles. The van der Waals surface area contributed by atoms with Crippen LogP contribution in [0.5, 0.6) is 0 Å². The maximum atomic E-state index is 4.74. The highest BCUT2D eigenvalue weighted by Crippen LogP contribution is 2.46. The molecule has 1 aliphatic rings. The van der Waals surface area contributed by atoms with Gasteiger partial charge in [-0.15, -0.1) is 0 Å². The van der Waals surface area contributed by atoms with Crippen molar-refractivity contribution in [1.82, 2.24) is 20.0 Å². The molecule has 1 aromatic rings. The predicted octanol–water partition coefficient (Wildman–Crippen LogP) is 1.97. The van der Waals surface area contributed by atoms with E-state index in [0.29, 0.717) is 5.41 Å². The number of nitrogens with zero attached hydrogens (tertiary/aromatic N) is 4. The third-order valence-electron chi connectivity index (χ3n) is 4.62. The Bertz CT molecular complexity index is 459. The minimum atomic E-state index is 0.139. The monoisotopic (exact) mass is 277 g/mol. The summed E-state index contributed by atoms with van der Waals surface area (Å²) in [6.45, 7) is 14.8. The van der Waals surface area contributed by atoms with Crippen LogP contribution < -0.4 is 5.32 Å². The van der Waals surface area contributed by atoms with Crippen molar-refractivity contribution >= 4 is 5.96 Å². The average molecular weight is 277 g/mol. The number of nitrogens with one attached hydrogen (secondary N) is 1. The first-order valence-corrected chi connectivity index (χ1v) is 7.42. The van der Waals surface area contributed by atoms with Crippen LogP contribution in [-0.4, -0.2) is 45.8 Å². The minimum Gasteiger partial charge on any atom is -0.356 e. The second kappa shape index (κ2) is 5.46. The number of hydrogen-bond donors (Lipinski definition) is 1. The number of likely N-dealkylation sites (tertiary alicyclic amines) is 1. The van der Waals surface area contributed by atoms with Crippen LogP contribution in [0.25, 0.3) is 0 Å². The lowest BCUT2D eigenvalue weighted by Gasteiger charge is -2.62. The lowest BCUT2D eigenvalue weighted by molar-refractivity contribution is -0.0667. The van der Waals surface area contributed by atoms with E-state index < -0.39 is 0 Å². The van der Waals surface area contributed by atoms with Crippen LogP contribution in [0.2, 0.25) is 0 Å².